The van der Waals surface area contributed by atoms with Crippen LogP contribution in [-0.4, -0.2) is 56.7 Å². The molecule has 1 aromatic carbocycles. The van der Waals surface area contributed by atoms with Crippen molar-refractivity contribution in [2.75, 3.05) is 32.1 Å². The number of piperidine rings is 1. The highest BCUT2D eigenvalue weighted by molar-refractivity contribution is 5.80. The molecule has 0 saturated carbocycles. The summed E-state index contributed by atoms with van der Waals surface area (Å²) in [6.07, 6.45) is 1.55. The van der Waals surface area contributed by atoms with Crippen LogP contribution in [0.2, 0.25) is 0 Å². The molecule has 4 rings (SSSR count). The molecule has 0 N–H and O–H groups in total. The van der Waals surface area contributed by atoms with E-state index in [0.29, 0.717) is 24.6 Å². The Labute approximate surface area is 190 Å². The van der Waals surface area contributed by atoms with Crippen molar-refractivity contribution in [3.8, 4) is 0 Å². The van der Waals surface area contributed by atoms with Gasteiger partial charge in [0.2, 0.25) is 11.9 Å². The van der Waals surface area contributed by atoms with E-state index < -0.39 is 11.2 Å². The summed E-state index contributed by atoms with van der Waals surface area (Å²) in [6.45, 7) is 2.98. The van der Waals surface area contributed by atoms with Crippen LogP contribution in [0.3, 0.4) is 0 Å². The third-order valence-electron chi connectivity index (χ3n) is 6.49. The van der Waals surface area contributed by atoms with Gasteiger partial charge in [0.15, 0.2) is 11.2 Å². The molecule has 33 heavy (non-hydrogen) atoms. The fourth-order valence-electron chi connectivity index (χ4n) is 4.58. The quantitative estimate of drug-likeness (QED) is 0.590. The topological polar surface area (TPSA) is 85.4 Å². The lowest BCUT2D eigenvalue weighted by Gasteiger charge is -2.34. The number of nitrogens with zero attached hydrogens (tertiary/aromatic N) is 6. The molecule has 1 aliphatic rings. The summed E-state index contributed by atoms with van der Waals surface area (Å²) < 4.78 is 18.8. The Morgan fingerprint density at radius 3 is 2.61 bits per heavy atom. The fourth-order valence-corrected chi connectivity index (χ4v) is 4.58. The Morgan fingerprint density at radius 1 is 1.21 bits per heavy atom. The zero-order valence-corrected chi connectivity index (χ0v) is 19.6. The molecule has 0 aliphatic carbocycles. The van der Waals surface area contributed by atoms with E-state index >= 15 is 0 Å². The lowest BCUT2D eigenvalue weighted by Crippen LogP contribution is -2.43. The molecule has 10 heteroatoms. The number of fused-ring (bicyclic) bond motifs is 1. The molecule has 1 saturated heterocycles. The van der Waals surface area contributed by atoms with Gasteiger partial charge in [0.1, 0.15) is 5.82 Å². The van der Waals surface area contributed by atoms with Gasteiger partial charge in [-0.3, -0.25) is 23.3 Å². The van der Waals surface area contributed by atoms with E-state index in [1.165, 1.54) is 17.7 Å². The largest absolute Gasteiger partial charge is 0.349 e. The molecule has 3 aromatic rings. The van der Waals surface area contributed by atoms with E-state index in [1.807, 2.05) is 17.9 Å². The van der Waals surface area contributed by atoms with E-state index in [2.05, 4.69) is 4.98 Å². The summed E-state index contributed by atoms with van der Waals surface area (Å²) in [5.74, 6) is -0.0783. The van der Waals surface area contributed by atoms with Crippen molar-refractivity contribution in [2.45, 2.75) is 26.3 Å². The predicted octanol–water partition coefficient (Wildman–Crippen LogP) is 1.23. The summed E-state index contributed by atoms with van der Waals surface area (Å²) in [7, 11) is 6.45. The Kier molecular flexibility index (Phi) is 5.85. The first-order valence-corrected chi connectivity index (χ1v) is 11.0. The molecule has 1 unspecified atom stereocenters. The minimum Gasteiger partial charge on any atom is -0.349 e. The summed E-state index contributed by atoms with van der Waals surface area (Å²) in [5.41, 5.74) is 0.714. The smallest absolute Gasteiger partial charge is 0.332 e. The standard InChI is InChI=1S/C23H29FN6O3/c1-14-8-6-10-17(24)16(14)13-30-18-19(27(4)23(33)28(5)21(18)32)25-22(30)29-11-7-9-15(12-29)20(31)26(2)3/h6,8,10,15H,7,9,11-13H2,1-5H3. The number of halogens is 1. The number of amides is 1. The molecule has 1 atom stereocenters. The highest BCUT2D eigenvalue weighted by Gasteiger charge is 2.31. The number of hydrogen-bond acceptors (Lipinski definition) is 5. The van der Waals surface area contributed by atoms with Crippen LogP contribution in [0.25, 0.3) is 11.2 Å². The van der Waals surface area contributed by atoms with Crippen LogP contribution >= 0.6 is 0 Å². The zero-order valence-electron chi connectivity index (χ0n) is 19.6. The molecule has 0 radical (unpaired) electrons. The average molecular weight is 457 g/mol. The normalized spacial score (nSPS) is 16.4. The first-order valence-electron chi connectivity index (χ1n) is 11.0. The number of benzene rings is 1. The van der Waals surface area contributed by atoms with E-state index in [1.54, 1.807) is 36.7 Å². The van der Waals surface area contributed by atoms with Crippen LogP contribution in [-0.2, 0) is 25.4 Å². The minimum absolute atomic E-state index is 0.0376. The van der Waals surface area contributed by atoms with E-state index in [4.69, 9.17) is 0 Å². The van der Waals surface area contributed by atoms with Crippen LogP contribution in [0.5, 0.6) is 0 Å². The first-order chi connectivity index (χ1) is 15.6. The van der Waals surface area contributed by atoms with Gasteiger partial charge < -0.3 is 9.80 Å². The fraction of sp³-hybridized carbons (Fsp3) is 0.478. The molecule has 9 nitrogen and oxygen atoms in total. The molecular formula is C23H29FN6O3. The number of carbonyl (C=O) groups excluding carboxylic acids is 1. The van der Waals surface area contributed by atoms with Crippen LogP contribution in [0.4, 0.5) is 10.3 Å². The molecule has 1 amide bonds. The van der Waals surface area contributed by atoms with Crippen LogP contribution in [0.15, 0.2) is 27.8 Å². The predicted molar refractivity (Wildman–Crippen MR) is 124 cm³/mol. The minimum atomic E-state index is -0.487. The van der Waals surface area contributed by atoms with E-state index in [0.717, 1.165) is 23.0 Å². The molecule has 0 bridgehead atoms. The summed E-state index contributed by atoms with van der Waals surface area (Å²) >= 11 is 0. The molecule has 176 valence electrons. The third-order valence-corrected chi connectivity index (χ3v) is 6.49. The molecule has 2 aromatic heterocycles. The van der Waals surface area contributed by atoms with E-state index in [-0.39, 0.29) is 35.4 Å². The second kappa shape index (κ2) is 8.49. The zero-order chi connectivity index (χ0) is 24.0. The van der Waals surface area contributed by atoms with Crippen molar-refractivity contribution in [3.05, 3.63) is 56.0 Å². The Bertz CT molecular complexity index is 1330. The number of aromatic nitrogens is 4. The van der Waals surface area contributed by atoms with Crippen molar-refractivity contribution in [1.82, 2.24) is 23.6 Å². The molecule has 1 aliphatic heterocycles. The second-order valence-corrected chi connectivity index (χ2v) is 8.93. The Hall–Kier alpha value is -3.43. The number of imidazole rings is 1. The Morgan fingerprint density at radius 2 is 1.94 bits per heavy atom. The van der Waals surface area contributed by atoms with Gasteiger partial charge in [-0.25, -0.2) is 9.18 Å². The average Bonchev–Trinajstić information content (AvgIpc) is 3.17. The Balaban J connectivity index is 1.92. The SMILES string of the molecule is Cc1cccc(F)c1Cn1c(N2CCCC(C(=O)N(C)C)C2)nc2c1c(=O)n(C)c(=O)n2C. The van der Waals surface area contributed by atoms with Gasteiger partial charge in [0.05, 0.1) is 12.5 Å². The van der Waals surface area contributed by atoms with Crippen molar-refractivity contribution < 1.29 is 9.18 Å². The van der Waals surface area contributed by atoms with Crippen LogP contribution in [0.1, 0.15) is 24.0 Å². The van der Waals surface area contributed by atoms with Crippen molar-refractivity contribution in [2.24, 2.45) is 20.0 Å². The number of anilines is 1. The van der Waals surface area contributed by atoms with Gasteiger partial charge >= 0.3 is 5.69 Å². The van der Waals surface area contributed by atoms with Crippen LogP contribution in [0, 0.1) is 18.7 Å². The first kappa shape index (κ1) is 22.8. The van der Waals surface area contributed by atoms with Crippen molar-refractivity contribution >= 4 is 23.0 Å². The summed E-state index contributed by atoms with van der Waals surface area (Å²) in [4.78, 5) is 46.6. The number of rotatable bonds is 4. The van der Waals surface area contributed by atoms with Gasteiger partial charge in [-0.2, -0.15) is 4.98 Å². The maximum atomic E-state index is 14.8. The number of carbonyl (C=O) groups is 1. The highest BCUT2D eigenvalue weighted by Crippen LogP contribution is 2.28. The van der Waals surface area contributed by atoms with Crippen LogP contribution < -0.4 is 16.1 Å². The molecule has 3 heterocycles. The lowest BCUT2D eigenvalue weighted by molar-refractivity contribution is -0.133. The van der Waals surface area contributed by atoms with Gasteiger partial charge in [-0.15, -0.1) is 0 Å². The lowest BCUT2D eigenvalue weighted by atomic mass is 9.97. The maximum absolute atomic E-state index is 14.8. The van der Waals surface area contributed by atoms with E-state index in [9.17, 15) is 18.8 Å². The van der Waals surface area contributed by atoms with Gasteiger partial charge in [0.25, 0.3) is 5.56 Å². The molecular weight excluding hydrogens is 427 g/mol. The molecule has 1 fully saturated rings. The number of hydrogen-bond donors (Lipinski definition) is 0. The molecule has 0 spiro atoms. The van der Waals surface area contributed by atoms with Gasteiger partial charge in [0, 0.05) is 46.8 Å². The third kappa shape index (κ3) is 3.83. The summed E-state index contributed by atoms with van der Waals surface area (Å²) in [5, 5.41) is 0. The van der Waals surface area contributed by atoms with Gasteiger partial charge in [-0.05, 0) is 31.4 Å². The maximum Gasteiger partial charge on any atom is 0.332 e. The van der Waals surface area contributed by atoms with Gasteiger partial charge in [-0.1, -0.05) is 12.1 Å². The van der Waals surface area contributed by atoms with Crippen molar-refractivity contribution in [3.63, 3.8) is 0 Å². The summed E-state index contributed by atoms with van der Waals surface area (Å²) in [6, 6.07) is 4.85. The number of aryl methyl sites for hydroxylation is 2. The van der Waals surface area contributed by atoms with Crippen molar-refractivity contribution in [1.29, 1.82) is 0 Å². The second-order valence-electron chi connectivity index (χ2n) is 8.93. The monoisotopic (exact) mass is 456 g/mol. The highest BCUT2D eigenvalue weighted by atomic mass is 19.1.